The number of aromatic amines is 1. The van der Waals surface area contributed by atoms with Crippen LogP contribution in [0.25, 0.3) is 0 Å². The second-order valence-electron chi connectivity index (χ2n) is 4.04. The van der Waals surface area contributed by atoms with E-state index in [-0.39, 0.29) is 18.4 Å². The number of hydrogen-bond donors (Lipinski definition) is 2. The van der Waals surface area contributed by atoms with Crippen LogP contribution in [0.5, 0.6) is 0 Å². The van der Waals surface area contributed by atoms with Gasteiger partial charge in [0, 0.05) is 32.1 Å². The Bertz CT molecular complexity index is 321. The van der Waals surface area contributed by atoms with Gasteiger partial charge in [-0.1, -0.05) is 0 Å². The molecule has 0 saturated carbocycles. The molecule has 82 valence electrons. The van der Waals surface area contributed by atoms with Crippen LogP contribution in [-0.2, 0) is 0 Å². The summed E-state index contributed by atoms with van der Waals surface area (Å²) >= 11 is 0. The van der Waals surface area contributed by atoms with Crippen LogP contribution >= 0.6 is 0 Å². The molecule has 0 bridgehead atoms. The molecule has 4 nitrogen and oxygen atoms in total. The van der Waals surface area contributed by atoms with Crippen molar-refractivity contribution in [3.8, 4) is 0 Å². The summed E-state index contributed by atoms with van der Waals surface area (Å²) in [5.41, 5.74) is 0.702. The standard InChI is InChI=1S/C11H16N2O2/c14-8-9-2-1-5-13(7-9)11(15)10-3-4-12-6-10/h3-4,6,9,12,14H,1-2,5,7-8H2. The maximum absolute atomic E-state index is 11.9. The van der Waals surface area contributed by atoms with E-state index in [1.807, 2.05) is 4.90 Å². The molecular formula is C11H16N2O2. The SMILES string of the molecule is O=C(c1cc[nH]c1)N1CCCC(CO)C1. The van der Waals surface area contributed by atoms with Gasteiger partial charge in [0.2, 0.25) is 0 Å². The molecule has 15 heavy (non-hydrogen) atoms. The molecule has 0 radical (unpaired) electrons. The normalized spacial score (nSPS) is 21.7. The second-order valence-corrected chi connectivity index (χ2v) is 4.04. The van der Waals surface area contributed by atoms with E-state index in [0.717, 1.165) is 19.4 Å². The molecule has 2 rings (SSSR count). The summed E-state index contributed by atoms with van der Waals surface area (Å²) in [6.45, 7) is 1.66. The first kappa shape index (κ1) is 10.2. The topological polar surface area (TPSA) is 56.3 Å². The average molecular weight is 208 g/mol. The molecular weight excluding hydrogens is 192 g/mol. The van der Waals surface area contributed by atoms with Gasteiger partial charge >= 0.3 is 0 Å². The van der Waals surface area contributed by atoms with Crippen molar-refractivity contribution in [3.63, 3.8) is 0 Å². The van der Waals surface area contributed by atoms with E-state index < -0.39 is 0 Å². The number of carbonyl (C=O) groups is 1. The van der Waals surface area contributed by atoms with Crippen LogP contribution in [-0.4, -0.2) is 40.6 Å². The quantitative estimate of drug-likeness (QED) is 0.757. The summed E-state index contributed by atoms with van der Waals surface area (Å²) in [7, 11) is 0. The van der Waals surface area contributed by atoms with Crippen LogP contribution in [0.2, 0.25) is 0 Å². The molecule has 1 aromatic heterocycles. The van der Waals surface area contributed by atoms with E-state index >= 15 is 0 Å². The van der Waals surface area contributed by atoms with Gasteiger partial charge in [-0.25, -0.2) is 0 Å². The number of likely N-dealkylation sites (tertiary alicyclic amines) is 1. The van der Waals surface area contributed by atoms with Crippen LogP contribution in [0.1, 0.15) is 23.2 Å². The highest BCUT2D eigenvalue weighted by molar-refractivity contribution is 5.94. The minimum atomic E-state index is 0.0643. The highest BCUT2D eigenvalue weighted by Crippen LogP contribution is 2.17. The molecule has 1 aromatic rings. The maximum atomic E-state index is 11.9. The lowest BCUT2D eigenvalue weighted by molar-refractivity contribution is 0.0621. The molecule has 1 amide bonds. The second kappa shape index (κ2) is 4.49. The zero-order valence-electron chi connectivity index (χ0n) is 8.65. The fourth-order valence-corrected chi connectivity index (χ4v) is 2.04. The van der Waals surface area contributed by atoms with Gasteiger partial charge in [-0.15, -0.1) is 0 Å². The van der Waals surface area contributed by atoms with Crippen LogP contribution in [0.15, 0.2) is 18.5 Å². The highest BCUT2D eigenvalue weighted by Gasteiger charge is 2.23. The van der Waals surface area contributed by atoms with Gasteiger partial charge < -0.3 is 15.0 Å². The Morgan fingerprint density at radius 1 is 1.67 bits per heavy atom. The molecule has 1 unspecified atom stereocenters. The van der Waals surface area contributed by atoms with Gasteiger partial charge in [0.1, 0.15) is 0 Å². The molecule has 4 heteroatoms. The van der Waals surface area contributed by atoms with Crippen molar-refractivity contribution in [1.29, 1.82) is 0 Å². The molecule has 1 aliphatic rings. The molecule has 1 atom stereocenters. The lowest BCUT2D eigenvalue weighted by atomic mass is 9.98. The van der Waals surface area contributed by atoms with Gasteiger partial charge in [0.25, 0.3) is 5.91 Å². The first-order valence-electron chi connectivity index (χ1n) is 5.34. The number of hydrogen-bond acceptors (Lipinski definition) is 2. The minimum absolute atomic E-state index is 0.0643. The Hall–Kier alpha value is -1.29. The van der Waals surface area contributed by atoms with Crippen molar-refractivity contribution in [2.24, 2.45) is 5.92 Å². The van der Waals surface area contributed by atoms with Crippen molar-refractivity contribution in [2.75, 3.05) is 19.7 Å². The van der Waals surface area contributed by atoms with Crippen molar-refractivity contribution < 1.29 is 9.90 Å². The molecule has 2 N–H and O–H groups in total. The first-order chi connectivity index (χ1) is 7.31. The molecule has 1 saturated heterocycles. The van der Waals surface area contributed by atoms with E-state index in [0.29, 0.717) is 12.1 Å². The van der Waals surface area contributed by atoms with E-state index in [9.17, 15) is 4.79 Å². The molecule has 1 aliphatic heterocycles. The predicted octanol–water partition coefficient (Wildman–Crippen LogP) is 0.859. The highest BCUT2D eigenvalue weighted by atomic mass is 16.3. The smallest absolute Gasteiger partial charge is 0.255 e. The maximum Gasteiger partial charge on any atom is 0.255 e. The summed E-state index contributed by atoms with van der Waals surface area (Å²) in [4.78, 5) is 16.7. The van der Waals surface area contributed by atoms with Gasteiger partial charge in [-0.2, -0.15) is 0 Å². The lowest BCUT2D eigenvalue weighted by Gasteiger charge is -2.31. The van der Waals surface area contributed by atoms with E-state index in [2.05, 4.69) is 4.98 Å². The van der Waals surface area contributed by atoms with Gasteiger partial charge in [-0.05, 0) is 24.8 Å². The number of piperidine rings is 1. The molecule has 2 heterocycles. The fourth-order valence-electron chi connectivity index (χ4n) is 2.04. The van der Waals surface area contributed by atoms with Crippen LogP contribution in [0.4, 0.5) is 0 Å². The van der Waals surface area contributed by atoms with Gasteiger partial charge in [0.05, 0.1) is 5.56 Å². The fraction of sp³-hybridized carbons (Fsp3) is 0.545. The van der Waals surface area contributed by atoms with Gasteiger partial charge in [0.15, 0.2) is 0 Å². The monoisotopic (exact) mass is 208 g/mol. The third-order valence-electron chi connectivity index (χ3n) is 2.91. The summed E-state index contributed by atoms with van der Waals surface area (Å²) in [5, 5.41) is 9.08. The van der Waals surface area contributed by atoms with E-state index in [4.69, 9.17) is 5.11 Å². The molecule has 1 fully saturated rings. The summed E-state index contributed by atoms with van der Waals surface area (Å²) in [6.07, 6.45) is 5.47. The van der Waals surface area contributed by atoms with Crippen molar-refractivity contribution in [2.45, 2.75) is 12.8 Å². The number of H-pyrrole nitrogens is 1. The number of amides is 1. The van der Waals surface area contributed by atoms with Crippen LogP contribution in [0, 0.1) is 5.92 Å². The summed E-state index contributed by atoms with van der Waals surface area (Å²) in [6, 6.07) is 1.78. The zero-order chi connectivity index (χ0) is 10.7. The minimum Gasteiger partial charge on any atom is -0.396 e. The zero-order valence-corrected chi connectivity index (χ0v) is 8.65. The predicted molar refractivity (Wildman–Crippen MR) is 56.5 cm³/mol. The van der Waals surface area contributed by atoms with Crippen molar-refractivity contribution in [1.82, 2.24) is 9.88 Å². The summed E-state index contributed by atoms with van der Waals surface area (Å²) in [5.74, 6) is 0.316. The van der Waals surface area contributed by atoms with E-state index in [1.165, 1.54) is 0 Å². The number of carbonyl (C=O) groups excluding carboxylic acids is 1. The summed E-state index contributed by atoms with van der Waals surface area (Å²) < 4.78 is 0. The number of aromatic nitrogens is 1. The van der Waals surface area contributed by atoms with Gasteiger partial charge in [-0.3, -0.25) is 4.79 Å². The number of nitrogens with zero attached hydrogens (tertiary/aromatic N) is 1. The van der Waals surface area contributed by atoms with Crippen LogP contribution < -0.4 is 0 Å². The van der Waals surface area contributed by atoms with Crippen molar-refractivity contribution >= 4 is 5.91 Å². The van der Waals surface area contributed by atoms with Crippen molar-refractivity contribution in [3.05, 3.63) is 24.0 Å². The Morgan fingerprint density at radius 3 is 3.20 bits per heavy atom. The number of aliphatic hydroxyl groups excluding tert-OH is 1. The number of nitrogens with one attached hydrogen (secondary N) is 1. The molecule has 0 aliphatic carbocycles. The lowest BCUT2D eigenvalue weighted by Crippen LogP contribution is -2.40. The largest absolute Gasteiger partial charge is 0.396 e. The number of aliphatic hydroxyl groups is 1. The van der Waals surface area contributed by atoms with Crippen LogP contribution in [0.3, 0.4) is 0 Å². The number of rotatable bonds is 2. The third-order valence-corrected chi connectivity index (χ3v) is 2.91. The molecule has 0 spiro atoms. The van der Waals surface area contributed by atoms with E-state index in [1.54, 1.807) is 18.5 Å². The molecule has 0 aromatic carbocycles. The Balaban J connectivity index is 2.01. The Morgan fingerprint density at radius 2 is 2.53 bits per heavy atom. The Kier molecular flexibility index (Phi) is 3.06. The average Bonchev–Trinajstić information content (AvgIpc) is 2.81. The first-order valence-corrected chi connectivity index (χ1v) is 5.34. The third kappa shape index (κ3) is 2.21. The Labute approximate surface area is 88.9 Å².